The molecule has 4 heteroatoms. The van der Waals surface area contributed by atoms with Crippen molar-refractivity contribution in [2.75, 3.05) is 7.11 Å². The van der Waals surface area contributed by atoms with Gasteiger partial charge in [0.15, 0.2) is 0 Å². The van der Waals surface area contributed by atoms with E-state index in [9.17, 15) is 4.79 Å². The molecule has 124 valence electrons. The lowest BCUT2D eigenvalue weighted by Crippen LogP contribution is -2.49. The maximum atomic E-state index is 13.0. The van der Waals surface area contributed by atoms with Crippen molar-refractivity contribution < 1.29 is 9.53 Å². The van der Waals surface area contributed by atoms with Gasteiger partial charge in [-0.3, -0.25) is 4.79 Å². The average Bonchev–Trinajstić information content (AvgIpc) is 2.75. The summed E-state index contributed by atoms with van der Waals surface area (Å²) < 4.78 is 5.57. The smallest absolute Gasteiger partial charge is 0.228 e. The molecule has 1 amide bonds. The fraction of sp³-hybridized carbons (Fsp3) is 0.632. The Hall–Kier alpha value is -1.16. The number of carbonyl (C=O) groups is 1. The summed E-state index contributed by atoms with van der Waals surface area (Å²) in [5.74, 6) is 1.13. The highest BCUT2D eigenvalue weighted by atomic mass is 32.2. The zero-order valence-electron chi connectivity index (χ0n) is 14.2. The van der Waals surface area contributed by atoms with Gasteiger partial charge in [-0.15, -0.1) is 11.8 Å². The molecule has 1 spiro atoms. The zero-order valence-corrected chi connectivity index (χ0v) is 15.0. The van der Waals surface area contributed by atoms with Crippen molar-refractivity contribution in [2.24, 2.45) is 0 Å². The third-order valence-corrected chi connectivity index (χ3v) is 7.48. The first-order valence-corrected chi connectivity index (χ1v) is 9.48. The fourth-order valence-corrected chi connectivity index (χ4v) is 7.06. The SMILES string of the molecule is COc1ccc2c(c1)CC(=O)N1[C@@H]2C2(CCCCC2)SC1(C)C. The maximum Gasteiger partial charge on any atom is 0.228 e. The van der Waals surface area contributed by atoms with Crippen molar-refractivity contribution in [1.82, 2.24) is 4.90 Å². The molecule has 3 nitrogen and oxygen atoms in total. The highest BCUT2D eigenvalue weighted by molar-refractivity contribution is 8.02. The van der Waals surface area contributed by atoms with E-state index in [0.29, 0.717) is 6.42 Å². The molecule has 1 aliphatic carbocycles. The molecule has 2 heterocycles. The van der Waals surface area contributed by atoms with Crippen LogP contribution in [0.2, 0.25) is 0 Å². The number of hydrogen-bond acceptors (Lipinski definition) is 3. The van der Waals surface area contributed by atoms with E-state index in [2.05, 4.69) is 36.9 Å². The Labute approximate surface area is 142 Å². The Bertz CT molecular complexity index is 649. The van der Waals surface area contributed by atoms with Crippen molar-refractivity contribution >= 4 is 17.7 Å². The van der Waals surface area contributed by atoms with Gasteiger partial charge in [0.1, 0.15) is 5.75 Å². The van der Waals surface area contributed by atoms with Crippen LogP contribution in [0.4, 0.5) is 0 Å². The first kappa shape index (κ1) is 15.4. The lowest BCUT2D eigenvalue weighted by Gasteiger charge is -2.43. The third kappa shape index (κ3) is 2.21. The molecular formula is C19H25NO2S. The number of hydrogen-bond donors (Lipinski definition) is 0. The predicted octanol–water partition coefficient (Wildman–Crippen LogP) is 4.31. The number of nitrogens with zero attached hydrogens (tertiary/aromatic N) is 1. The summed E-state index contributed by atoms with van der Waals surface area (Å²) in [5, 5.41) is 0. The summed E-state index contributed by atoms with van der Waals surface area (Å²) in [6.07, 6.45) is 6.85. The van der Waals surface area contributed by atoms with Crippen molar-refractivity contribution in [2.45, 2.75) is 68.0 Å². The molecule has 1 aromatic carbocycles. The lowest BCUT2D eigenvalue weighted by atomic mass is 9.76. The van der Waals surface area contributed by atoms with Crippen LogP contribution in [0.15, 0.2) is 18.2 Å². The van der Waals surface area contributed by atoms with E-state index in [-0.39, 0.29) is 21.6 Å². The minimum Gasteiger partial charge on any atom is -0.497 e. The number of methoxy groups -OCH3 is 1. The second kappa shape index (κ2) is 5.17. The molecule has 1 atom stereocenters. The second-order valence-electron chi connectivity index (χ2n) is 7.58. The van der Waals surface area contributed by atoms with E-state index in [4.69, 9.17) is 4.74 Å². The molecule has 0 radical (unpaired) electrons. The van der Waals surface area contributed by atoms with Gasteiger partial charge in [-0.05, 0) is 49.9 Å². The fourth-order valence-electron chi connectivity index (χ4n) is 4.92. The minimum absolute atomic E-state index is 0.114. The quantitative estimate of drug-likeness (QED) is 0.768. The van der Waals surface area contributed by atoms with E-state index in [0.717, 1.165) is 5.75 Å². The third-order valence-electron chi connectivity index (χ3n) is 5.74. The second-order valence-corrected chi connectivity index (χ2v) is 9.60. The number of fused-ring (bicyclic) bond motifs is 4. The van der Waals surface area contributed by atoms with Crippen LogP contribution in [0.5, 0.6) is 5.75 Å². The van der Waals surface area contributed by atoms with Crippen LogP contribution >= 0.6 is 11.8 Å². The van der Waals surface area contributed by atoms with Crippen LogP contribution < -0.4 is 4.74 Å². The van der Waals surface area contributed by atoms with E-state index in [1.54, 1.807) is 7.11 Å². The first-order valence-electron chi connectivity index (χ1n) is 8.66. The van der Waals surface area contributed by atoms with Gasteiger partial charge in [0.2, 0.25) is 5.91 Å². The van der Waals surface area contributed by atoms with Crippen molar-refractivity contribution in [1.29, 1.82) is 0 Å². The molecule has 2 aliphatic heterocycles. The summed E-state index contributed by atoms with van der Waals surface area (Å²) in [5.41, 5.74) is 2.52. The summed E-state index contributed by atoms with van der Waals surface area (Å²) in [7, 11) is 1.69. The van der Waals surface area contributed by atoms with E-state index >= 15 is 0 Å². The molecule has 23 heavy (non-hydrogen) atoms. The molecule has 2 fully saturated rings. The van der Waals surface area contributed by atoms with Crippen LogP contribution in [-0.4, -0.2) is 27.5 Å². The van der Waals surface area contributed by atoms with Gasteiger partial charge in [-0.2, -0.15) is 0 Å². The maximum absolute atomic E-state index is 13.0. The Morgan fingerprint density at radius 1 is 1.22 bits per heavy atom. The summed E-state index contributed by atoms with van der Waals surface area (Å²) in [4.78, 5) is 15.0. The molecular weight excluding hydrogens is 306 g/mol. The van der Waals surface area contributed by atoms with Gasteiger partial charge in [-0.25, -0.2) is 0 Å². The van der Waals surface area contributed by atoms with Crippen LogP contribution in [0.1, 0.15) is 63.1 Å². The predicted molar refractivity (Wildman–Crippen MR) is 93.8 cm³/mol. The van der Waals surface area contributed by atoms with Crippen LogP contribution in [-0.2, 0) is 11.2 Å². The van der Waals surface area contributed by atoms with Crippen molar-refractivity contribution in [3.8, 4) is 5.75 Å². The zero-order chi connectivity index (χ0) is 16.2. The highest BCUT2D eigenvalue weighted by Gasteiger charge is 2.60. The summed E-state index contributed by atoms with van der Waals surface area (Å²) in [6.45, 7) is 4.45. The molecule has 4 rings (SSSR count). The number of thioether (sulfide) groups is 1. The topological polar surface area (TPSA) is 29.5 Å². The number of benzene rings is 1. The van der Waals surface area contributed by atoms with Gasteiger partial charge in [0.05, 0.1) is 24.4 Å². The molecule has 0 unspecified atom stereocenters. The van der Waals surface area contributed by atoms with E-state index < -0.39 is 0 Å². The van der Waals surface area contributed by atoms with Crippen molar-refractivity contribution in [3.63, 3.8) is 0 Å². The minimum atomic E-state index is -0.114. The van der Waals surface area contributed by atoms with Gasteiger partial charge in [0, 0.05) is 4.75 Å². The molecule has 0 N–H and O–H groups in total. The Balaban J connectivity index is 1.86. The Morgan fingerprint density at radius 2 is 1.96 bits per heavy atom. The molecule has 1 saturated carbocycles. The van der Waals surface area contributed by atoms with Gasteiger partial charge >= 0.3 is 0 Å². The normalized spacial score (nSPS) is 27.7. The summed E-state index contributed by atoms with van der Waals surface area (Å²) in [6, 6.07) is 6.55. The number of amides is 1. The average molecular weight is 331 g/mol. The Kier molecular flexibility index (Phi) is 3.45. The summed E-state index contributed by atoms with van der Waals surface area (Å²) >= 11 is 2.05. The first-order chi connectivity index (χ1) is 11.0. The molecule has 1 aromatic rings. The highest BCUT2D eigenvalue weighted by Crippen LogP contribution is 2.64. The van der Waals surface area contributed by atoms with Crippen molar-refractivity contribution in [3.05, 3.63) is 29.3 Å². The van der Waals surface area contributed by atoms with Crippen LogP contribution in [0.3, 0.4) is 0 Å². The lowest BCUT2D eigenvalue weighted by molar-refractivity contribution is -0.137. The van der Waals surface area contributed by atoms with Crippen LogP contribution in [0.25, 0.3) is 0 Å². The van der Waals surface area contributed by atoms with E-state index in [1.807, 2.05) is 11.8 Å². The molecule has 3 aliphatic rings. The monoisotopic (exact) mass is 331 g/mol. The van der Waals surface area contributed by atoms with Gasteiger partial charge < -0.3 is 9.64 Å². The largest absolute Gasteiger partial charge is 0.497 e. The molecule has 0 bridgehead atoms. The number of carbonyl (C=O) groups excluding carboxylic acids is 1. The van der Waals surface area contributed by atoms with Gasteiger partial charge in [0.25, 0.3) is 0 Å². The van der Waals surface area contributed by atoms with E-state index in [1.165, 1.54) is 43.2 Å². The number of rotatable bonds is 1. The number of ether oxygens (including phenoxy) is 1. The Morgan fingerprint density at radius 3 is 2.65 bits per heavy atom. The van der Waals surface area contributed by atoms with Crippen LogP contribution in [0, 0.1) is 0 Å². The standard InChI is InChI=1S/C19H25NO2S/c1-18(2)20-16(21)12-13-11-14(22-3)7-8-15(13)17(20)19(23-18)9-5-4-6-10-19/h7-8,11,17H,4-6,9-10,12H2,1-3H3/t17-/m0/s1. The molecule has 0 aromatic heterocycles. The molecule has 1 saturated heterocycles. The van der Waals surface area contributed by atoms with Gasteiger partial charge in [-0.1, -0.05) is 25.3 Å².